The van der Waals surface area contributed by atoms with Crippen molar-refractivity contribution in [3.8, 4) is 11.5 Å². The van der Waals surface area contributed by atoms with Gasteiger partial charge in [0, 0.05) is 18.3 Å². The van der Waals surface area contributed by atoms with Crippen molar-refractivity contribution >= 4 is 23.3 Å². The number of para-hydroxylation sites is 2. The summed E-state index contributed by atoms with van der Waals surface area (Å²) in [6, 6.07) is 17.0. The standard InChI is InChI=1S/C30H34N2O5/c1-18-11-12-21(30(4,5)29(34)35)15-24(18)31-28(33)23-13-20(3)27(14-19(23)2)36-17-22-16-32(6)25-9-7-8-10-26(25)37-22/h7-15,22H,16-17H2,1-6H3,(H,31,33)(H,34,35)/t22-/m0/s1. The molecule has 37 heavy (non-hydrogen) atoms. The first kappa shape index (κ1) is 26.1. The van der Waals surface area contributed by atoms with Gasteiger partial charge in [0.1, 0.15) is 24.2 Å². The summed E-state index contributed by atoms with van der Waals surface area (Å²) in [6.07, 6.45) is -0.118. The number of likely N-dealkylation sites (N-methyl/N-ethyl adjacent to an activating group) is 1. The van der Waals surface area contributed by atoms with E-state index in [-0.39, 0.29) is 12.0 Å². The van der Waals surface area contributed by atoms with E-state index in [0.717, 1.165) is 28.1 Å². The van der Waals surface area contributed by atoms with Crippen molar-refractivity contribution in [1.29, 1.82) is 0 Å². The number of hydrogen-bond donors (Lipinski definition) is 2. The second-order valence-electron chi connectivity index (χ2n) is 10.2. The van der Waals surface area contributed by atoms with E-state index in [1.54, 1.807) is 26.0 Å². The summed E-state index contributed by atoms with van der Waals surface area (Å²) in [5.74, 6) is 0.371. The summed E-state index contributed by atoms with van der Waals surface area (Å²) in [5, 5.41) is 12.5. The fraction of sp³-hybridized carbons (Fsp3) is 0.333. The highest BCUT2D eigenvalue weighted by Crippen LogP contribution is 2.33. The van der Waals surface area contributed by atoms with E-state index in [1.807, 2.05) is 70.3 Å². The van der Waals surface area contributed by atoms with E-state index >= 15 is 0 Å². The van der Waals surface area contributed by atoms with Gasteiger partial charge in [0.25, 0.3) is 5.91 Å². The summed E-state index contributed by atoms with van der Waals surface area (Å²) >= 11 is 0. The Bertz CT molecular complexity index is 1350. The molecule has 0 bridgehead atoms. The molecule has 0 saturated heterocycles. The monoisotopic (exact) mass is 502 g/mol. The fourth-order valence-corrected chi connectivity index (χ4v) is 4.41. The lowest BCUT2D eigenvalue weighted by Gasteiger charge is -2.33. The molecule has 3 aromatic carbocycles. The van der Waals surface area contributed by atoms with Gasteiger partial charge in [-0.1, -0.05) is 24.3 Å². The Hall–Kier alpha value is -4.00. The van der Waals surface area contributed by atoms with Gasteiger partial charge in [0.15, 0.2) is 0 Å². The number of aryl methyl sites for hydroxylation is 3. The van der Waals surface area contributed by atoms with Gasteiger partial charge in [-0.2, -0.15) is 0 Å². The minimum atomic E-state index is -1.07. The van der Waals surface area contributed by atoms with E-state index in [1.165, 1.54) is 0 Å². The van der Waals surface area contributed by atoms with Gasteiger partial charge >= 0.3 is 5.97 Å². The molecule has 0 aromatic heterocycles. The number of carboxylic acid groups (broad SMARTS) is 1. The zero-order chi connectivity index (χ0) is 26.9. The van der Waals surface area contributed by atoms with Gasteiger partial charge < -0.3 is 24.8 Å². The molecule has 0 radical (unpaired) electrons. The van der Waals surface area contributed by atoms with Crippen LogP contribution in [0.4, 0.5) is 11.4 Å². The lowest BCUT2D eigenvalue weighted by molar-refractivity contribution is -0.142. The van der Waals surface area contributed by atoms with Gasteiger partial charge in [-0.25, -0.2) is 0 Å². The number of aliphatic carboxylic acids is 1. The van der Waals surface area contributed by atoms with Crippen LogP contribution in [0.5, 0.6) is 11.5 Å². The molecule has 1 atom stereocenters. The van der Waals surface area contributed by atoms with Crippen molar-refractivity contribution < 1.29 is 24.2 Å². The Balaban J connectivity index is 1.47. The van der Waals surface area contributed by atoms with Crippen LogP contribution in [0.1, 0.15) is 46.5 Å². The average Bonchev–Trinajstić information content (AvgIpc) is 2.85. The Kier molecular flexibility index (Phi) is 7.16. The number of carboxylic acids is 1. The van der Waals surface area contributed by atoms with Gasteiger partial charge in [-0.15, -0.1) is 0 Å². The SMILES string of the molecule is Cc1ccc(C(C)(C)C(=O)O)cc1NC(=O)c1cc(C)c(OC[C@@H]2CN(C)c3ccccc3O2)cc1C. The number of nitrogens with zero attached hydrogens (tertiary/aromatic N) is 1. The predicted molar refractivity (Wildman–Crippen MR) is 145 cm³/mol. The lowest BCUT2D eigenvalue weighted by Crippen LogP contribution is -2.41. The summed E-state index contributed by atoms with van der Waals surface area (Å²) in [5.41, 5.74) is 4.22. The van der Waals surface area contributed by atoms with Crippen LogP contribution in [0.15, 0.2) is 54.6 Å². The molecule has 7 heteroatoms. The van der Waals surface area contributed by atoms with E-state index in [9.17, 15) is 14.7 Å². The maximum absolute atomic E-state index is 13.2. The Morgan fingerprint density at radius 2 is 1.78 bits per heavy atom. The average molecular weight is 503 g/mol. The van der Waals surface area contributed by atoms with Crippen LogP contribution in [0, 0.1) is 20.8 Å². The number of benzene rings is 3. The van der Waals surface area contributed by atoms with E-state index in [0.29, 0.717) is 35.7 Å². The van der Waals surface area contributed by atoms with Crippen LogP contribution in [-0.4, -0.2) is 43.3 Å². The van der Waals surface area contributed by atoms with Crippen molar-refractivity contribution in [2.24, 2.45) is 0 Å². The highest BCUT2D eigenvalue weighted by atomic mass is 16.5. The van der Waals surface area contributed by atoms with Gasteiger partial charge in [-0.3, -0.25) is 9.59 Å². The molecule has 1 aliphatic rings. The third kappa shape index (κ3) is 5.40. The van der Waals surface area contributed by atoms with Gasteiger partial charge in [0.05, 0.1) is 17.6 Å². The van der Waals surface area contributed by atoms with Gasteiger partial charge in [-0.05, 0) is 87.2 Å². The predicted octanol–water partition coefficient (Wildman–Crippen LogP) is 5.50. The third-order valence-corrected chi connectivity index (χ3v) is 6.98. The number of carbonyl (C=O) groups is 2. The van der Waals surface area contributed by atoms with Crippen LogP contribution in [0.25, 0.3) is 0 Å². The minimum absolute atomic E-state index is 0.118. The molecule has 0 spiro atoms. The summed E-state index contributed by atoms with van der Waals surface area (Å²) < 4.78 is 12.2. The molecule has 0 saturated carbocycles. The quantitative estimate of drug-likeness (QED) is 0.443. The highest BCUT2D eigenvalue weighted by Gasteiger charge is 2.30. The topological polar surface area (TPSA) is 88.1 Å². The molecule has 0 unspecified atom stereocenters. The number of carbonyl (C=O) groups excluding carboxylic acids is 1. The van der Waals surface area contributed by atoms with Crippen LogP contribution >= 0.6 is 0 Å². The number of ether oxygens (including phenoxy) is 2. The maximum Gasteiger partial charge on any atom is 0.313 e. The van der Waals surface area contributed by atoms with Crippen LogP contribution in [0.3, 0.4) is 0 Å². The van der Waals surface area contributed by atoms with Crippen LogP contribution in [-0.2, 0) is 10.2 Å². The smallest absolute Gasteiger partial charge is 0.313 e. The van der Waals surface area contributed by atoms with Crippen LogP contribution in [0.2, 0.25) is 0 Å². The van der Waals surface area contributed by atoms with Crippen molar-refractivity contribution in [3.05, 3.63) is 82.4 Å². The number of rotatable bonds is 7. The molecular formula is C30H34N2O5. The molecule has 194 valence electrons. The van der Waals surface area contributed by atoms with E-state index in [2.05, 4.69) is 10.2 Å². The molecule has 0 aliphatic carbocycles. The van der Waals surface area contributed by atoms with Crippen LogP contribution < -0.4 is 19.7 Å². The molecule has 1 heterocycles. The van der Waals surface area contributed by atoms with Crippen molar-refractivity contribution in [3.63, 3.8) is 0 Å². The Morgan fingerprint density at radius 3 is 2.51 bits per heavy atom. The fourth-order valence-electron chi connectivity index (χ4n) is 4.41. The van der Waals surface area contributed by atoms with Crippen molar-refractivity contribution in [1.82, 2.24) is 0 Å². The van der Waals surface area contributed by atoms with Crippen molar-refractivity contribution in [2.45, 2.75) is 46.1 Å². The second-order valence-corrected chi connectivity index (χ2v) is 10.2. The largest absolute Gasteiger partial charge is 0.489 e. The lowest BCUT2D eigenvalue weighted by atomic mass is 9.84. The third-order valence-electron chi connectivity index (χ3n) is 6.98. The van der Waals surface area contributed by atoms with Gasteiger partial charge in [0.2, 0.25) is 0 Å². The first-order chi connectivity index (χ1) is 17.5. The molecule has 4 rings (SSSR count). The second kappa shape index (κ2) is 10.2. The Morgan fingerprint density at radius 1 is 1.05 bits per heavy atom. The molecule has 1 aliphatic heterocycles. The molecule has 3 aromatic rings. The molecule has 0 fully saturated rings. The highest BCUT2D eigenvalue weighted by molar-refractivity contribution is 6.06. The maximum atomic E-state index is 13.2. The number of nitrogens with one attached hydrogen (secondary N) is 1. The summed E-state index contributed by atoms with van der Waals surface area (Å²) in [4.78, 5) is 27.1. The molecule has 7 nitrogen and oxygen atoms in total. The number of fused-ring (bicyclic) bond motifs is 1. The first-order valence-corrected chi connectivity index (χ1v) is 12.3. The zero-order valence-corrected chi connectivity index (χ0v) is 22.2. The molecular weight excluding hydrogens is 468 g/mol. The Labute approximate surface area is 218 Å². The zero-order valence-electron chi connectivity index (χ0n) is 22.2. The van der Waals surface area contributed by atoms with E-state index < -0.39 is 11.4 Å². The number of hydrogen-bond acceptors (Lipinski definition) is 5. The summed E-state index contributed by atoms with van der Waals surface area (Å²) in [7, 11) is 2.04. The normalized spacial score (nSPS) is 15.0. The van der Waals surface area contributed by atoms with E-state index in [4.69, 9.17) is 9.47 Å². The minimum Gasteiger partial charge on any atom is -0.489 e. The molecule has 1 amide bonds. The number of amides is 1. The molecule has 2 N–H and O–H groups in total. The number of anilines is 2. The first-order valence-electron chi connectivity index (χ1n) is 12.3. The summed E-state index contributed by atoms with van der Waals surface area (Å²) in [6.45, 7) is 10.1. The van der Waals surface area contributed by atoms with Crippen molar-refractivity contribution in [2.75, 3.05) is 30.4 Å².